The number of aromatic nitrogens is 2. The lowest BCUT2D eigenvalue weighted by atomic mass is 10.2. The molecule has 0 radical (unpaired) electrons. The van der Waals surface area contributed by atoms with Crippen molar-refractivity contribution in [2.45, 2.75) is 13.5 Å². The molecule has 0 bridgehead atoms. The van der Waals surface area contributed by atoms with Gasteiger partial charge in [-0.1, -0.05) is 12.1 Å². The number of benzene rings is 1. The molecule has 2 rings (SSSR count). The molecule has 1 amide bonds. The van der Waals surface area contributed by atoms with Crippen LogP contribution in [0.5, 0.6) is 0 Å². The number of amides is 1. The quantitative estimate of drug-likeness (QED) is 0.770. The lowest BCUT2D eigenvalue weighted by Gasteiger charge is -2.06. The van der Waals surface area contributed by atoms with E-state index >= 15 is 0 Å². The molecule has 3 N–H and O–H groups in total. The summed E-state index contributed by atoms with van der Waals surface area (Å²) < 4.78 is 0. The second-order valence-electron chi connectivity index (χ2n) is 4.14. The van der Waals surface area contributed by atoms with Crippen LogP contribution in [-0.4, -0.2) is 27.8 Å². The van der Waals surface area contributed by atoms with Gasteiger partial charge in [-0.2, -0.15) is 0 Å². The molecule has 0 fully saturated rings. The van der Waals surface area contributed by atoms with Gasteiger partial charge in [-0.05, 0) is 36.8 Å². The van der Waals surface area contributed by atoms with Gasteiger partial charge in [0.1, 0.15) is 5.82 Å². The van der Waals surface area contributed by atoms with Crippen molar-refractivity contribution in [3.8, 4) is 0 Å². The molecule has 0 atom stereocenters. The minimum absolute atomic E-state index is 0.0222. The van der Waals surface area contributed by atoms with E-state index in [1.807, 2.05) is 6.92 Å². The number of nitrogens with zero attached hydrogens (tertiary/aromatic N) is 2. The van der Waals surface area contributed by atoms with Gasteiger partial charge >= 0.3 is 0 Å². The van der Waals surface area contributed by atoms with Crippen molar-refractivity contribution >= 4 is 17.4 Å². The molecule has 0 aliphatic rings. The van der Waals surface area contributed by atoms with E-state index in [1.165, 1.54) is 0 Å². The molecule has 2 aromatic rings. The third-order valence-electron chi connectivity index (χ3n) is 2.65. The normalized spacial score (nSPS) is 10.1. The van der Waals surface area contributed by atoms with Crippen molar-refractivity contribution in [3.05, 3.63) is 47.7 Å². The molecule has 0 saturated heterocycles. The summed E-state index contributed by atoms with van der Waals surface area (Å²) in [5, 5.41) is 22.4. The van der Waals surface area contributed by atoms with E-state index < -0.39 is 0 Å². The summed E-state index contributed by atoms with van der Waals surface area (Å²) in [6, 6.07) is 10.3. The van der Waals surface area contributed by atoms with Crippen LogP contribution in [0.2, 0.25) is 0 Å². The highest BCUT2D eigenvalue weighted by atomic mass is 16.3. The van der Waals surface area contributed by atoms with Gasteiger partial charge in [0.15, 0.2) is 5.69 Å². The Hall–Kier alpha value is -2.47. The Morgan fingerprint density at radius 1 is 1.15 bits per heavy atom. The van der Waals surface area contributed by atoms with E-state index in [0.717, 1.165) is 12.1 Å². The van der Waals surface area contributed by atoms with Crippen molar-refractivity contribution in [2.24, 2.45) is 0 Å². The molecule has 0 spiro atoms. The summed E-state index contributed by atoms with van der Waals surface area (Å²) >= 11 is 0. The van der Waals surface area contributed by atoms with E-state index in [9.17, 15) is 4.79 Å². The molecular formula is C14H16N4O2. The summed E-state index contributed by atoms with van der Waals surface area (Å²) in [6.45, 7) is 2.68. The number of aliphatic hydroxyl groups is 1. The molecule has 1 heterocycles. The Balaban J connectivity index is 2.03. The van der Waals surface area contributed by atoms with E-state index in [2.05, 4.69) is 20.8 Å². The number of anilines is 2. The Bertz CT molecular complexity index is 567. The summed E-state index contributed by atoms with van der Waals surface area (Å²) in [4.78, 5) is 12.0. The average molecular weight is 272 g/mol. The molecule has 0 aliphatic heterocycles. The van der Waals surface area contributed by atoms with Crippen LogP contribution in [0.1, 0.15) is 23.0 Å². The largest absolute Gasteiger partial charge is 0.392 e. The third-order valence-corrected chi connectivity index (χ3v) is 2.65. The van der Waals surface area contributed by atoms with Gasteiger partial charge in [-0.3, -0.25) is 4.79 Å². The molecule has 0 unspecified atom stereocenters. The average Bonchev–Trinajstić information content (AvgIpc) is 2.49. The van der Waals surface area contributed by atoms with Crippen LogP contribution in [0.15, 0.2) is 36.4 Å². The fourth-order valence-electron chi connectivity index (χ4n) is 1.62. The Kier molecular flexibility index (Phi) is 4.62. The zero-order chi connectivity index (χ0) is 14.4. The predicted molar refractivity (Wildman–Crippen MR) is 76.5 cm³/mol. The zero-order valence-corrected chi connectivity index (χ0v) is 11.1. The van der Waals surface area contributed by atoms with E-state index in [0.29, 0.717) is 11.5 Å². The molecule has 1 aromatic heterocycles. The second-order valence-corrected chi connectivity index (χ2v) is 4.14. The first-order chi connectivity index (χ1) is 9.72. The van der Waals surface area contributed by atoms with Gasteiger partial charge in [0.25, 0.3) is 5.91 Å². The highest BCUT2D eigenvalue weighted by Crippen LogP contribution is 2.11. The maximum absolute atomic E-state index is 12.0. The molecule has 20 heavy (non-hydrogen) atoms. The lowest BCUT2D eigenvalue weighted by Crippen LogP contribution is -2.14. The van der Waals surface area contributed by atoms with Crippen molar-refractivity contribution in [3.63, 3.8) is 0 Å². The maximum atomic E-state index is 12.0. The lowest BCUT2D eigenvalue weighted by molar-refractivity contribution is 0.102. The van der Waals surface area contributed by atoms with Crippen molar-refractivity contribution in [1.29, 1.82) is 0 Å². The Morgan fingerprint density at radius 3 is 2.45 bits per heavy atom. The molecule has 6 heteroatoms. The predicted octanol–water partition coefficient (Wildman–Crippen LogP) is 1.65. The molecule has 0 aliphatic carbocycles. The number of hydrogen-bond donors (Lipinski definition) is 3. The van der Waals surface area contributed by atoms with Crippen LogP contribution in [0.3, 0.4) is 0 Å². The maximum Gasteiger partial charge on any atom is 0.276 e. The Morgan fingerprint density at radius 2 is 1.90 bits per heavy atom. The van der Waals surface area contributed by atoms with Crippen LogP contribution >= 0.6 is 0 Å². The summed E-state index contributed by atoms with van der Waals surface area (Å²) in [5.41, 5.74) is 1.68. The minimum Gasteiger partial charge on any atom is -0.392 e. The molecule has 6 nitrogen and oxygen atoms in total. The summed E-state index contributed by atoms with van der Waals surface area (Å²) in [5.74, 6) is 0.314. The zero-order valence-electron chi connectivity index (χ0n) is 11.1. The van der Waals surface area contributed by atoms with Crippen LogP contribution in [-0.2, 0) is 6.61 Å². The first kappa shape index (κ1) is 14.0. The van der Waals surface area contributed by atoms with E-state index in [4.69, 9.17) is 5.11 Å². The fraction of sp³-hybridized carbons (Fsp3) is 0.214. The highest BCUT2D eigenvalue weighted by Gasteiger charge is 2.08. The van der Waals surface area contributed by atoms with Crippen molar-refractivity contribution < 1.29 is 9.90 Å². The van der Waals surface area contributed by atoms with Crippen molar-refractivity contribution in [1.82, 2.24) is 10.2 Å². The number of rotatable bonds is 5. The standard InChI is InChI=1S/C14H16N4O2/c1-2-15-13-8-7-12(17-18-13)14(20)16-11-5-3-10(9-19)4-6-11/h3-8,19H,2,9H2,1H3,(H,15,18)(H,16,20). The molecule has 104 valence electrons. The van der Waals surface area contributed by atoms with E-state index in [-0.39, 0.29) is 18.2 Å². The summed E-state index contributed by atoms with van der Waals surface area (Å²) in [7, 11) is 0. The second kappa shape index (κ2) is 6.63. The summed E-state index contributed by atoms with van der Waals surface area (Å²) in [6.07, 6.45) is 0. The fourth-order valence-corrected chi connectivity index (χ4v) is 1.62. The van der Waals surface area contributed by atoms with E-state index in [1.54, 1.807) is 36.4 Å². The topological polar surface area (TPSA) is 87.1 Å². The first-order valence-corrected chi connectivity index (χ1v) is 6.31. The molecule has 0 saturated carbocycles. The minimum atomic E-state index is -0.322. The third kappa shape index (κ3) is 3.52. The number of carbonyl (C=O) groups is 1. The molecule has 1 aromatic carbocycles. The SMILES string of the molecule is CCNc1ccc(C(=O)Nc2ccc(CO)cc2)nn1. The first-order valence-electron chi connectivity index (χ1n) is 6.31. The van der Waals surface area contributed by atoms with Crippen LogP contribution < -0.4 is 10.6 Å². The number of carbonyl (C=O) groups excluding carboxylic acids is 1. The number of hydrogen-bond acceptors (Lipinski definition) is 5. The van der Waals surface area contributed by atoms with Gasteiger partial charge in [0.05, 0.1) is 6.61 Å². The van der Waals surface area contributed by atoms with Crippen molar-refractivity contribution in [2.75, 3.05) is 17.2 Å². The Labute approximate surface area is 116 Å². The highest BCUT2D eigenvalue weighted by molar-refractivity contribution is 6.02. The van der Waals surface area contributed by atoms with Crippen LogP contribution in [0.4, 0.5) is 11.5 Å². The molecular weight excluding hydrogens is 256 g/mol. The number of nitrogens with one attached hydrogen (secondary N) is 2. The van der Waals surface area contributed by atoms with Gasteiger partial charge in [0, 0.05) is 12.2 Å². The van der Waals surface area contributed by atoms with Gasteiger partial charge in [0.2, 0.25) is 0 Å². The number of aliphatic hydroxyl groups excluding tert-OH is 1. The van der Waals surface area contributed by atoms with Gasteiger partial charge in [-0.15, -0.1) is 10.2 Å². The van der Waals surface area contributed by atoms with Crippen LogP contribution in [0.25, 0.3) is 0 Å². The van der Waals surface area contributed by atoms with Gasteiger partial charge < -0.3 is 15.7 Å². The monoisotopic (exact) mass is 272 g/mol. The van der Waals surface area contributed by atoms with Gasteiger partial charge in [-0.25, -0.2) is 0 Å². The van der Waals surface area contributed by atoms with Crippen LogP contribution in [0, 0.1) is 0 Å². The smallest absolute Gasteiger partial charge is 0.276 e.